The number of phenols is 1. The molecule has 0 atom stereocenters. The van der Waals surface area contributed by atoms with Crippen LogP contribution in [0.2, 0.25) is 0 Å². The number of aromatic nitrogens is 2. The Morgan fingerprint density at radius 1 is 1.36 bits per heavy atom. The molecule has 0 saturated carbocycles. The summed E-state index contributed by atoms with van der Waals surface area (Å²) in [5, 5.41) is 29.8. The van der Waals surface area contributed by atoms with Crippen LogP contribution in [0, 0.1) is 5.21 Å². The second kappa shape index (κ2) is 2.34. The van der Waals surface area contributed by atoms with E-state index in [1.54, 1.807) is 0 Å². The normalized spacial score (nSPS) is 10.9. The fourth-order valence-corrected chi connectivity index (χ4v) is 1.25. The largest absolute Gasteiger partial charge is 0.740 e. The lowest BCUT2D eigenvalue weighted by molar-refractivity contribution is -0.563. The summed E-state index contributed by atoms with van der Waals surface area (Å²) < 4.78 is 0.812. The average molecular weight is 196 g/mol. The highest BCUT2D eigenvalue weighted by atomic mass is 16.5. The number of nitrogens with two attached hydrogens (primary N) is 2. The summed E-state index contributed by atoms with van der Waals surface area (Å²) in [6.07, 6.45) is 0. The van der Waals surface area contributed by atoms with Crippen LogP contribution in [-0.2, 0) is 0 Å². The molecule has 0 aliphatic rings. The maximum atomic E-state index is 11.3. The molecule has 0 saturated heterocycles. The van der Waals surface area contributed by atoms with Crippen LogP contribution in [0.25, 0.3) is 11.0 Å². The topological polar surface area (TPSA) is 124 Å². The molecule has 0 unspecified atom stereocenters. The second-order valence-corrected chi connectivity index (χ2v) is 2.86. The first-order chi connectivity index (χ1) is 6.52. The van der Waals surface area contributed by atoms with Crippen LogP contribution in [0.3, 0.4) is 0 Å². The minimum absolute atomic E-state index is 0.0525. The molecule has 0 fully saturated rings. The zero-order valence-electron chi connectivity index (χ0n) is 7.01. The predicted molar refractivity (Wildman–Crippen MR) is 48.6 cm³/mol. The number of imidazole rings is 1. The molecule has 0 bridgehead atoms. The SMILES string of the molecule is Nc1cc2c(cc1O)[n+]([O-])c(N)n2O. The molecule has 1 aromatic heterocycles. The molecule has 7 nitrogen and oxygen atoms in total. The summed E-state index contributed by atoms with van der Waals surface area (Å²) in [5.74, 6) is -0.613. The fourth-order valence-electron chi connectivity index (χ4n) is 1.25. The molecule has 0 aliphatic carbocycles. The van der Waals surface area contributed by atoms with Gasteiger partial charge in [0, 0.05) is 12.1 Å². The lowest BCUT2D eigenvalue weighted by Crippen LogP contribution is -2.29. The van der Waals surface area contributed by atoms with E-state index in [1.165, 1.54) is 6.07 Å². The quantitative estimate of drug-likeness (QED) is 0.147. The van der Waals surface area contributed by atoms with Crippen molar-refractivity contribution in [2.75, 3.05) is 11.5 Å². The average Bonchev–Trinajstić information content (AvgIpc) is 2.34. The molecular formula is C7H8N4O3. The van der Waals surface area contributed by atoms with Crippen molar-refractivity contribution in [2.45, 2.75) is 0 Å². The van der Waals surface area contributed by atoms with E-state index in [4.69, 9.17) is 11.5 Å². The molecule has 0 aliphatic heterocycles. The number of benzene rings is 1. The highest BCUT2D eigenvalue weighted by Crippen LogP contribution is 2.26. The number of aromatic hydroxyl groups is 1. The Morgan fingerprint density at radius 3 is 2.64 bits per heavy atom. The van der Waals surface area contributed by atoms with Crippen LogP contribution in [0.15, 0.2) is 12.1 Å². The van der Waals surface area contributed by atoms with Gasteiger partial charge in [0.2, 0.25) is 0 Å². The summed E-state index contributed by atoms with van der Waals surface area (Å²) >= 11 is 0. The summed E-state index contributed by atoms with van der Waals surface area (Å²) in [4.78, 5) is 0. The van der Waals surface area contributed by atoms with Gasteiger partial charge in [-0.05, 0) is 0 Å². The van der Waals surface area contributed by atoms with Crippen molar-refractivity contribution < 1.29 is 15.0 Å². The van der Waals surface area contributed by atoms with Crippen molar-refractivity contribution in [1.29, 1.82) is 0 Å². The molecule has 1 heterocycles. The maximum Gasteiger partial charge on any atom is 0.393 e. The second-order valence-electron chi connectivity index (χ2n) is 2.86. The molecule has 7 heteroatoms. The Morgan fingerprint density at radius 2 is 2.00 bits per heavy atom. The van der Waals surface area contributed by atoms with Crippen LogP contribution in [-0.4, -0.2) is 15.0 Å². The molecule has 6 N–H and O–H groups in total. The van der Waals surface area contributed by atoms with E-state index < -0.39 is 0 Å². The standard InChI is InChI=1S/C7H8N4O3/c8-3-1-4-5(2-6(3)12)11(14)7(9)10(4)13/h1-2,12-13H,8-9H2. The zero-order chi connectivity index (χ0) is 10.5. The number of hydrogen-bond donors (Lipinski definition) is 4. The van der Waals surface area contributed by atoms with E-state index in [0.29, 0.717) is 9.46 Å². The van der Waals surface area contributed by atoms with Crippen LogP contribution in [0.4, 0.5) is 11.6 Å². The molecule has 14 heavy (non-hydrogen) atoms. The third-order valence-electron chi connectivity index (χ3n) is 2.00. The fraction of sp³-hybridized carbons (Fsp3) is 0. The van der Waals surface area contributed by atoms with Crippen LogP contribution < -0.4 is 16.2 Å². The minimum Gasteiger partial charge on any atom is -0.740 e. The van der Waals surface area contributed by atoms with Gasteiger partial charge in [-0.15, -0.1) is 0 Å². The van der Waals surface area contributed by atoms with Crippen molar-refractivity contribution >= 4 is 22.7 Å². The molecule has 2 rings (SSSR count). The van der Waals surface area contributed by atoms with Gasteiger partial charge in [0.1, 0.15) is 11.3 Å². The lowest BCUT2D eigenvalue weighted by Gasteiger charge is -2.01. The molecular weight excluding hydrogens is 188 g/mol. The molecule has 0 spiro atoms. The summed E-state index contributed by atoms with van der Waals surface area (Å²) in [6, 6.07) is 2.40. The lowest BCUT2D eigenvalue weighted by atomic mass is 10.2. The Bertz CT molecular complexity index is 474. The Hall–Kier alpha value is -2.31. The van der Waals surface area contributed by atoms with E-state index in [9.17, 15) is 15.5 Å². The van der Waals surface area contributed by atoms with E-state index >= 15 is 0 Å². The summed E-state index contributed by atoms with van der Waals surface area (Å²) in [5.41, 5.74) is 10.9. The number of anilines is 2. The van der Waals surface area contributed by atoms with Gasteiger partial charge < -0.3 is 21.3 Å². The van der Waals surface area contributed by atoms with Gasteiger partial charge in [-0.1, -0.05) is 4.73 Å². The highest BCUT2D eigenvalue weighted by molar-refractivity contribution is 5.81. The van der Waals surface area contributed by atoms with Crippen molar-refractivity contribution in [3.8, 4) is 5.75 Å². The Labute approximate surface area is 77.9 Å². The molecule has 0 amide bonds. The number of rotatable bonds is 0. The van der Waals surface area contributed by atoms with Gasteiger partial charge in [0.15, 0.2) is 5.52 Å². The van der Waals surface area contributed by atoms with Crippen LogP contribution in [0.1, 0.15) is 0 Å². The van der Waals surface area contributed by atoms with Gasteiger partial charge in [0.05, 0.1) is 5.69 Å². The van der Waals surface area contributed by atoms with Gasteiger partial charge in [0.25, 0.3) is 0 Å². The number of nitrogens with zero attached hydrogens (tertiary/aromatic N) is 2. The van der Waals surface area contributed by atoms with Gasteiger partial charge >= 0.3 is 5.95 Å². The van der Waals surface area contributed by atoms with Gasteiger partial charge in [-0.25, -0.2) is 4.73 Å². The number of fused-ring (bicyclic) bond motifs is 1. The van der Waals surface area contributed by atoms with Gasteiger partial charge in [-0.2, -0.15) is 0 Å². The molecule has 2 aromatic rings. The third kappa shape index (κ3) is 0.830. The molecule has 0 radical (unpaired) electrons. The monoisotopic (exact) mass is 196 g/mol. The smallest absolute Gasteiger partial charge is 0.393 e. The number of hydrogen-bond acceptors (Lipinski definition) is 5. The van der Waals surface area contributed by atoms with Crippen molar-refractivity contribution in [1.82, 2.24) is 4.73 Å². The first kappa shape index (κ1) is 8.30. The van der Waals surface area contributed by atoms with Crippen molar-refractivity contribution in [2.24, 2.45) is 0 Å². The number of phenolic OH excluding ortho intramolecular Hbond substituents is 1. The van der Waals surface area contributed by atoms with Crippen LogP contribution >= 0.6 is 0 Å². The van der Waals surface area contributed by atoms with Crippen LogP contribution in [0.5, 0.6) is 5.75 Å². The number of nitrogen functional groups attached to an aromatic ring is 2. The molecule has 74 valence electrons. The predicted octanol–water partition coefficient (Wildman–Crippen LogP) is -0.618. The summed E-state index contributed by atoms with van der Waals surface area (Å²) in [7, 11) is 0. The third-order valence-corrected chi connectivity index (χ3v) is 2.00. The van der Waals surface area contributed by atoms with Crippen molar-refractivity contribution in [3.05, 3.63) is 17.3 Å². The van der Waals surface area contributed by atoms with Gasteiger partial charge in [-0.3, -0.25) is 5.73 Å². The van der Waals surface area contributed by atoms with E-state index in [-0.39, 0.29) is 28.4 Å². The van der Waals surface area contributed by atoms with E-state index in [1.807, 2.05) is 0 Å². The first-order valence-corrected chi connectivity index (χ1v) is 3.73. The Balaban J connectivity index is 2.96. The highest BCUT2D eigenvalue weighted by Gasteiger charge is 2.17. The zero-order valence-corrected chi connectivity index (χ0v) is 7.01. The Kier molecular flexibility index (Phi) is 1.39. The van der Waals surface area contributed by atoms with Crippen molar-refractivity contribution in [3.63, 3.8) is 0 Å². The minimum atomic E-state index is -0.384. The van der Waals surface area contributed by atoms with E-state index in [2.05, 4.69) is 0 Å². The first-order valence-electron chi connectivity index (χ1n) is 3.73. The summed E-state index contributed by atoms with van der Waals surface area (Å²) in [6.45, 7) is 0. The maximum absolute atomic E-state index is 11.3. The van der Waals surface area contributed by atoms with E-state index in [0.717, 1.165) is 6.07 Å². The molecule has 1 aromatic carbocycles.